The SMILES string of the molecule is CCOc1cc(N)cc(NCC2(OC)CCC2)c1. The highest BCUT2D eigenvalue weighted by Crippen LogP contribution is 2.35. The molecule has 4 nitrogen and oxygen atoms in total. The topological polar surface area (TPSA) is 56.5 Å². The van der Waals surface area contributed by atoms with E-state index in [1.165, 1.54) is 6.42 Å². The Bertz CT molecular complexity index is 397. The van der Waals surface area contributed by atoms with Gasteiger partial charge in [-0.05, 0) is 32.3 Å². The van der Waals surface area contributed by atoms with Gasteiger partial charge in [-0.25, -0.2) is 0 Å². The van der Waals surface area contributed by atoms with Gasteiger partial charge < -0.3 is 20.5 Å². The lowest BCUT2D eigenvalue weighted by molar-refractivity contribution is -0.0601. The first-order chi connectivity index (χ1) is 8.67. The highest BCUT2D eigenvalue weighted by atomic mass is 16.5. The van der Waals surface area contributed by atoms with E-state index in [0.717, 1.165) is 30.8 Å². The first-order valence-corrected chi connectivity index (χ1v) is 6.50. The molecule has 4 heteroatoms. The second-order valence-corrected chi connectivity index (χ2v) is 4.82. The van der Waals surface area contributed by atoms with E-state index >= 15 is 0 Å². The number of hydrogen-bond donors (Lipinski definition) is 2. The highest BCUT2D eigenvalue weighted by Gasteiger charge is 2.36. The summed E-state index contributed by atoms with van der Waals surface area (Å²) in [5.41, 5.74) is 7.57. The number of ether oxygens (including phenoxy) is 2. The van der Waals surface area contributed by atoms with E-state index in [2.05, 4.69) is 5.32 Å². The minimum absolute atomic E-state index is 0.0103. The van der Waals surface area contributed by atoms with Gasteiger partial charge in [-0.1, -0.05) is 0 Å². The standard InChI is InChI=1S/C14H22N2O2/c1-3-18-13-8-11(15)7-12(9-13)16-10-14(17-2)5-4-6-14/h7-9,16H,3-6,10,15H2,1-2H3. The van der Waals surface area contributed by atoms with Crippen molar-refractivity contribution >= 4 is 11.4 Å². The summed E-state index contributed by atoms with van der Waals surface area (Å²) in [7, 11) is 1.78. The van der Waals surface area contributed by atoms with E-state index < -0.39 is 0 Å². The minimum atomic E-state index is 0.0103. The molecule has 1 saturated carbocycles. The number of methoxy groups -OCH3 is 1. The molecule has 1 fully saturated rings. The first-order valence-electron chi connectivity index (χ1n) is 6.50. The zero-order chi connectivity index (χ0) is 13.0. The number of nitrogen functional groups attached to an aromatic ring is 1. The third-order valence-corrected chi connectivity index (χ3v) is 3.55. The Morgan fingerprint density at radius 3 is 2.67 bits per heavy atom. The van der Waals surface area contributed by atoms with E-state index in [1.54, 1.807) is 7.11 Å². The lowest BCUT2D eigenvalue weighted by atomic mass is 9.80. The minimum Gasteiger partial charge on any atom is -0.494 e. The number of nitrogens with one attached hydrogen (secondary N) is 1. The van der Waals surface area contributed by atoms with Crippen molar-refractivity contribution in [3.05, 3.63) is 18.2 Å². The van der Waals surface area contributed by atoms with Crippen molar-refractivity contribution in [3.63, 3.8) is 0 Å². The number of nitrogens with two attached hydrogens (primary N) is 1. The molecule has 0 aromatic heterocycles. The van der Waals surface area contributed by atoms with Crippen LogP contribution < -0.4 is 15.8 Å². The Kier molecular flexibility index (Phi) is 3.97. The first kappa shape index (κ1) is 13.0. The number of rotatable bonds is 6. The molecule has 2 rings (SSSR count). The van der Waals surface area contributed by atoms with Crippen molar-refractivity contribution in [1.82, 2.24) is 0 Å². The van der Waals surface area contributed by atoms with Gasteiger partial charge in [-0.2, -0.15) is 0 Å². The summed E-state index contributed by atoms with van der Waals surface area (Å²) < 4.78 is 11.1. The Labute approximate surface area is 108 Å². The normalized spacial score (nSPS) is 17.0. The van der Waals surface area contributed by atoms with E-state index in [1.807, 2.05) is 25.1 Å². The van der Waals surface area contributed by atoms with Gasteiger partial charge in [-0.3, -0.25) is 0 Å². The van der Waals surface area contributed by atoms with Gasteiger partial charge in [0.05, 0.1) is 12.2 Å². The van der Waals surface area contributed by atoms with Crippen LogP contribution in [0.15, 0.2) is 18.2 Å². The summed E-state index contributed by atoms with van der Waals surface area (Å²) >= 11 is 0. The maximum Gasteiger partial charge on any atom is 0.123 e. The molecule has 0 atom stereocenters. The molecule has 3 N–H and O–H groups in total. The van der Waals surface area contributed by atoms with E-state index in [9.17, 15) is 0 Å². The maximum atomic E-state index is 5.86. The molecule has 0 spiro atoms. The van der Waals surface area contributed by atoms with Crippen LogP contribution in [-0.2, 0) is 4.74 Å². The van der Waals surface area contributed by atoms with E-state index in [0.29, 0.717) is 12.3 Å². The number of anilines is 2. The molecule has 0 unspecified atom stereocenters. The van der Waals surface area contributed by atoms with E-state index in [-0.39, 0.29) is 5.60 Å². The van der Waals surface area contributed by atoms with Gasteiger partial charge in [0.25, 0.3) is 0 Å². The van der Waals surface area contributed by atoms with Gasteiger partial charge in [0.15, 0.2) is 0 Å². The van der Waals surface area contributed by atoms with Crippen molar-refractivity contribution in [2.75, 3.05) is 31.3 Å². The number of hydrogen-bond acceptors (Lipinski definition) is 4. The lowest BCUT2D eigenvalue weighted by Gasteiger charge is -2.40. The fourth-order valence-electron chi connectivity index (χ4n) is 2.26. The van der Waals surface area contributed by atoms with Gasteiger partial charge in [0.1, 0.15) is 5.75 Å². The fraction of sp³-hybridized carbons (Fsp3) is 0.571. The summed E-state index contributed by atoms with van der Waals surface area (Å²) in [5.74, 6) is 0.806. The van der Waals surface area contributed by atoms with Crippen LogP contribution in [-0.4, -0.2) is 25.9 Å². The molecule has 0 heterocycles. The third kappa shape index (κ3) is 2.88. The lowest BCUT2D eigenvalue weighted by Crippen LogP contribution is -2.45. The van der Waals surface area contributed by atoms with Crippen LogP contribution >= 0.6 is 0 Å². The van der Waals surface area contributed by atoms with Crippen LogP contribution in [0.5, 0.6) is 5.75 Å². The van der Waals surface area contributed by atoms with Gasteiger partial charge in [-0.15, -0.1) is 0 Å². The van der Waals surface area contributed by atoms with Gasteiger partial charge in [0, 0.05) is 37.2 Å². The fourth-order valence-corrected chi connectivity index (χ4v) is 2.26. The largest absolute Gasteiger partial charge is 0.494 e. The van der Waals surface area contributed by atoms with Crippen LogP contribution in [0, 0.1) is 0 Å². The quantitative estimate of drug-likeness (QED) is 0.762. The average molecular weight is 250 g/mol. The molecule has 1 aliphatic carbocycles. The van der Waals surface area contributed by atoms with Crippen LogP contribution in [0.2, 0.25) is 0 Å². The van der Waals surface area contributed by atoms with Crippen molar-refractivity contribution in [2.24, 2.45) is 0 Å². The predicted molar refractivity (Wildman–Crippen MR) is 74.1 cm³/mol. The summed E-state index contributed by atoms with van der Waals surface area (Å²) in [6.45, 7) is 3.42. The number of benzene rings is 1. The zero-order valence-corrected chi connectivity index (χ0v) is 11.2. The van der Waals surface area contributed by atoms with Crippen molar-refractivity contribution in [1.29, 1.82) is 0 Å². The Balaban J connectivity index is 2.00. The smallest absolute Gasteiger partial charge is 0.123 e. The Morgan fingerprint density at radius 1 is 1.33 bits per heavy atom. The summed E-state index contributed by atoms with van der Waals surface area (Å²) in [4.78, 5) is 0. The molecule has 0 amide bonds. The third-order valence-electron chi connectivity index (χ3n) is 3.55. The van der Waals surface area contributed by atoms with Crippen LogP contribution in [0.1, 0.15) is 26.2 Å². The molecule has 0 radical (unpaired) electrons. The Morgan fingerprint density at radius 2 is 2.11 bits per heavy atom. The van der Waals surface area contributed by atoms with Crippen LogP contribution in [0.3, 0.4) is 0 Å². The maximum absolute atomic E-state index is 5.86. The molecular weight excluding hydrogens is 228 g/mol. The Hall–Kier alpha value is -1.42. The predicted octanol–water partition coefficient (Wildman–Crippen LogP) is 2.65. The van der Waals surface area contributed by atoms with Crippen LogP contribution in [0.4, 0.5) is 11.4 Å². The highest BCUT2D eigenvalue weighted by molar-refractivity contribution is 5.59. The van der Waals surface area contributed by atoms with Crippen molar-refractivity contribution < 1.29 is 9.47 Å². The summed E-state index contributed by atoms with van der Waals surface area (Å²) in [6, 6.07) is 5.73. The molecule has 0 saturated heterocycles. The second kappa shape index (κ2) is 5.48. The van der Waals surface area contributed by atoms with Gasteiger partial charge >= 0.3 is 0 Å². The molecule has 1 aromatic rings. The molecule has 18 heavy (non-hydrogen) atoms. The summed E-state index contributed by atoms with van der Waals surface area (Å²) in [5, 5.41) is 3.39. The molecule has 100 valence electrons. The van der Waals surface area contributed by atoms with Crippen LogP contribution in [0.25, 0.3) is 0 Å². The molecule has 1 aliphatic rings. The summed E-state index contributed by atoms with van der Waals surface area (Å²) in [6.07, 6.45) is 3.49. The van der Waals surface area contributed by atoms with Gasteiger partial charge in [0.2, 0.25) is 0 Å². The molecule has 1 aromatic carbocycles. The second-order valence-electron chi connectivity index (χ2n) is 4.82. The van der Waals surface area contributed by atoms with Crippen molar-refractivity contribution in [3.8, 4) is 5.75 Å². The molecular formula is C14H22N2O2. The molecule has 0 aliphatic heterocycles. The monoisotopic (exact) mass is 250 g/mol. The zero-order valence-electron chi connectivity index (χ0n) is 11.2. The van der Waals surface area contributed by atoms with Crippen molar-refractivity contribution in [2.45, 2.75) is 31.8 Å². The molecule has 0 bridgehead atoms. The average Bonchev–Trinajstić information content (AvgIpc) is 2.28. The van der Waals surface area contributed by atoms with E-state index in [4.69, 9.17) is 15.2 Å².